The molecule has 20 heavy (non-hydrogen) atoms. The molecule has 3 nitrogen and oxygen atoms in total. The van der Waals surface area contributed by atoms with E-state index in [1.54, 1.807) is 0 Å². The quantitative estimate of drug-likeness (QED) is 0.756. The fourth-order valence-electron chi connectivity index (χ4n) is 3.94. The van der Waals surface area contributed by atoms with E-state index in [0.717, 1.165) is 12.8 Å². The minimum atomic E-state index is 0.0490. The van der Waals surface area contributed by atoms with Crippen molar-refractivity contribution in [3.8, 4) is 0 Å². The van der Waals surface area contributed by atoms with Crippen molar-refractivity contribution in [2.75, 3.05) is 13.6 Å². The Balaban J connectivity index is 2.00. The highest BCUT2D eigenvalue weighted by Crippen LogP contribution is 2.32. The molecule has 2 aliphatic carbocycles. The molecule has 0 aromatic heterocycles. The zero-order chi connectivity index (χ0) is 14.4. The molecule has 0 aliphatic heterocycles. The van der Waals surface area contributed by atoms with Crippen LogP contribution in [-0.4, -0.2) is 36.0 Å². The van der Waals surface area contributed by atoms with Gasteiger partial charge in [0, 0.05) is 24.5 Å². The van der Waals surface area contributed by atoms with E-state index in [1.165, 1.54) is 44.9 Å². The van der Waals surface area contributed by atoms with E-state index in [4.69, 9.17) is 0 Å². The van der Waals surface area contributed by atoms with Crippen molar-refractivity contribution in [1.82, 2.24) is 10.2 Å². The maximum Gasteiger partial charge on any atom is 0.224 e. The smallest absolute Gasteiger partial charge is 0.224 e. The van der Waals surface area contributed by atoms with E-state index < -0.39 is 0 Å². The second kappa shape index (κ2) is 7.26. The predicted molar refractivity (Wildman–Crippen MR) is 83.7 cm³/mol. The summed E-state index contributed by atoms with van der Waals surface area (Å²) in [5, 5.41) is 3.46. The van der Waals surface area contributed by atoms with Crippen molar-refractivity contribution in [3.63, 3.8) is 0 Å². The number of nitrogens with zero attached hydrogens (tertiary/aromatic N) is 1. The number of rotatable bonds is 6. The van der Waals surface area contributed by atoms with Gasteiger partial charge in [0.15, 0.2) is 0 Å². The Morgan fingerprint density at radius 2 is 1.90 bits per heavy atom. The maximum absolute atomic E-state index is 12.8. The molecule has 2 rings (SSSR count). The van der Waals surface area contributed by atoms with Crippen LogP contribution >= 0.6 is 0 Å². The summed E-state index contributed by atoms with van der Waals surface area (Å²) >= 11 is 0. The first-order chi connectivity index (χ1) is 9.71. The average Bonchev–Trinajstić information content (AvgIpc) is 2.99. The zero-order valence-corrected chi connectivity index (χ0v) is 13.0. The van der Waals surface area contributed by atoms with Gasteiger partial charge < -0.3 is 10.2 Å². The maximum atomic E-state index is 12.8. The van der Waals surface area contributed by atoms with E-state index in [0.29, 0.717) is 24.9 Å². The van der Waals surface area contributed by atoms with Crippen LogP contribution < -0.4 is 5.32 Å². The Labute approximate surface area is 123 Å². The van der Waals surface area contributed by atoms with Crippen molar-refractivity contribution in [2.24, 2.45) is 0 Å². The lowest BCUT2D eigenvalue weighted by Crippen LogP contribution is -2.50. The first kappa shape index (κ1) is 15.6. The second-order valence-electron chi connectivity index (χ2n) is 6.54. The molecule has 0 aromatic rings. The summed E-state index contributed by atoms with van der Waals surface area (Å²) in [5.41, 5.74) is 0.0490. The number of carbonyl (C=O) groups is 1. The molecule has 114 valence electrons. The Morgan fingerprint density at radius 1 is 1.25 bits per heavy atom. The lowest BCUT2D eigenvalue weighted by atomic mass is 9.79. The minimum absolute atomic E-state index is 0.0490. The van der Waals surface area contributed by atoms with Gasteiger partial charge in [0.25, 0.3) is 0 Å². The van der Waals surface area contributed by atoms with Gasteiger partial charge in [-0.05, 0) is 32.7 Å². The molecular weight excluding hydrogens is 248 g/mol. The Kier molecular flexibility index (Phi) is 5.64. The number of hydrogen-bond acceptors (Lipinski definition) is 2. The van der Waals surface area contributed by atoms with Crippen molar-refractivity contribution < 1.29 is 4.79 Å². The molecule has 0 saturated heterocycles. The summed E-state index contributed by atoms with van der Waals surface area (Å²) in [4.78, 5) is 14.9. The molecule has 0 bridgehead atoms. The van der Waals surface area contributed by atoms with Gasteiger partial charge in [-0.25, -0.2) is 0 Å². The van der Waals surface area contributed by atoms with Gasteiger partial charge in [-0.3, -0.25) is 4.79 Å². The second-order valence-corrected chi connectivity index (χ2v) is 6.54. The lowest BCUT2D eigenvalue weighted by Gasteiger charge is -2.39. The molecule has 0 spiro atoms. The van der Waals surface area contributed by atoms with Crippen molar-refractivity contribution >= 4 is 5.91 Å². The molecule has 2 fully saturated rings. The molecule has 2 aliphatic rings. The highest BCUT2D eigenvalue weighted by molar-refractivity contribution is 5.78. The highest BCUT2D eigenvalue weighted by atomic mass is 16.2. The topological polar surface area (TPSA) is 32.3 Å². The van der Waals surface area contributed by atoms with Gasteiger partial charge >= 0.3 is 0 Å². The van der Waals surface area contributed by atoms with Gasteiger partial charge in [0.2, 0.25) is 5.91 Å². The number of amides is 1. The fraction of sp³-hybridized carbons (Fsp3) is 0.824. The number of carbonyl (C=O) groups excluding carboxylic acids is 1. The summed E-state index contributed by atoms with van der Waals surface area (Å²) in [6.07, 6.45) is 13.5. The predicted octanol–water partition coefficient (Wildman–Crippen LogP) is 3.26. The number of nitrogens with one attached hydrogen (secondary N) is 1. The molecule has 0 atom stereocenters. The summed E-state index contributed by atoms with van der Waals surface area (Å²) < 4.78 is 0. The number of hydrogen-bond donors (Lipinski definition) is 1. The van der Waals surface area contributed by atoms with E-state index in [1.807, 2.05) is 13.1 Å². The zero-order valence-electron chi connectivity index (χ0n) is 13.0. The van der Waals surface area contributed by atoms with Gasteiger partial charge in [0.1, 0.15) is 0 Å². The van der Waals surface area contributed by atoms with Crippen LogP contribution in [0.5, 0.6) is 0 Å². The van der Waals surface area contributed by atoms with Gasteiger partial charge in [-0.15, -0.1) is 6.58 Å². The monoisotopic (exact) mass is 278 g/mol. The average molecular weight is 278 g/mol. The normalized spacial score (nSPS) is 22.6. The summed E-state index contributed by atoms with van der Waals surface area (Å²) in [6, 6.07) is 0.456. The molecule has 2 saturated carbocycles. The van der Waals surface area contributed by atoms with Gasteiger partial charge in [-0.1, -0.05) is 38.2 Å². The first-order valence-corrected chi connectivity index (χ1v) is 8.30. The van der Waals surface area contributed by atoms with Crippen LogP contribution in [-0.2, 0) is 4.79 Å². The van der Waals surface area contributed by atoms with E-state index in [9.17, 15) is 4.79 Å². The molecule has 0 heterocycles. The standard InChI is InChI=1S/C17H30N2O/c1-3-13-19(15-9-5-6-10-15)16(20)14-17(18-2)11-7-4-8-12-17/h3,15,18H,1,4-14H2,2H3. The van der Waals surface area contributed by atoms with E-state index in [-0.39, 0.29) is 5.54 Å². The van der Waals surface area contributed by atoms with Crippen LogP contribution in [0.1, 0.15) is 64.2 Å². The summed E-state index contributed by atoms with van der Waals surface area (Å²) in [5.74, 6) is 0.327. The lowest BCUT2D eigenvalue weighted by molar-refractivity contribution is -0.134. The molecular formula is C17H30N2O. The van der Waals surface area contributed by atoms with Crippen LogP contribution in [0.15, 0.2) is 12.7 Å². The minimum Gasteiger partial charge on any atom is -0.336 e. The van der Waals surface area contributed by atoms with Crippen LogP contribution in [0, 0.1) is 0 Å². The molecule has 1 amide bonds. The van der Waals surface area contributed by atoms with Crippen molar-refractivity contribution in [2.45, 2.75) is 75.8 Å². The molecule has 0 aromatic carbocycles. The van der Waals surface area contributed by atoms with Crippen LogP contribution in [0.2, 0.25) is 0 Å². The Bertz CT molecular complexity index is 328. The summed E-state index contributed by atoms with van der Waals surface area (Å²) in [6.45, 7) is 4.54. The van der Waals surface area contributed by atoms with E-state index in [2.05, 4.69) is 16.8 Å². The third-order valence-electron chi connectivity index (χ3n) is 5.24. The first-order valence-electron chi connectivity index (χ1n) is 8.30. The third kappa shape index (κ3) is 3.63. The van der Waals surface area contributed by atoms with Crippen LogP contribution in [0.25, 0.3) is 0 Å². The van der Waals surface area contributed by atoms with Gasteiger partial charge in [0.05, 0.1) is 0 Å². The van der Waals surface area contributed by atoms with Crippen molar-refractivity contribution in [1.29, 1.82) is 0 Å². The molecule has 0 unspecified atom stereocenters. The molecule has 0 radical (unpaired) electrons. The Hall–Kier alpha value is -0.830. The third-order valence-corrected chi connectivity index (χ3v) is 5.24. The largest absolute Gasteiger partial charge is 0.336 e. The molecule has 3 heteroatoms. The van der Waals surface area contributed by atoms with Gasteiger partial charge in [-0.2, -0.15) is 0 Å². The van der Waals surface area contributed by atoms with Crippen LogP contribution in [0.3, 0.4) is 0 Å². The SMILES string of the molecule is C=CCN(C(=O)CC1(NC)CCCCC1)C1CCCC1. The van der Waals surface area contributed by atoms with E-state index >= 15 is 0 Å². The van der Waals surface area contributed by atoms with Crippen molar-refractivity contribution in [3.05, 3.63) is 12.7 Å². The molecule has 1 N–H and O–H groups in total. The highest BCUT2D eigenvalue weighted by Gasteiger charge is 2.35. The fourth-order valence-corrected chi connectivity index (χ4v) is 3.94. The summed E-state index contributed by atoms with van der Waals surface area (Å²) in [7, 11) is 2.02. The Morgan fingerprint density at radius 3 is 2.45 bits per heavy atom. The van der Waals surface area contributed by atoms with Crippen LogP contribution in [0.4, 0.5) is 0 Å².